The third-order valence-electron chi connectivity index (χ3n) is 3.80. The van der Waals surface area contributed by atoms with E-state index in [9.17, 15) is 13.2 Å². The molecule has 22 heavy (non-hydrogen) atoms. The third kappa shape index (κ3) is 4.78. The van der Waals surface area contributed by atoms with E-state index in [0.717, 1.165) is 6.42 Å². The molecule has 2 heterocycles. The number of rotatable bonds is 6. The van der Waals surface area contributed by atoms with Crippen LogP contribution in [0.1, 0.15) is 43.0 Å². The minimum Gasteiger partial charge on any atom is -0.338 e. The largest absolute Gasteiger partial charge is 0.338 e. The number of likely N-dealkylation sites (tertiary alicyclic amines) is 1. The Balaban J connectivity index is 1.84. The molecule has 0 atom stereocenters. The molecule has 1 aliphatic rings. The van der Waals surface area contributed by atoms with E-state index in [2.05, 4.69) is 9.71 Å². The summed E-state index contributed by atoms with van der Waals surface area (Å²) in [6.07, 6.45) is 6.03. The molecule has 0 radical (unpaired) electrons. The zero-order valence-electron chi connectivity index (χ0n) is 12.9. The number of carbonyl (C=O) groups excluding carboxylic acids is 1. The van der Waals surface area contributed by atoms with Crippen LogP contribution in [0.25, 0.3) is 0 Å². The highest BCUT2D eigenvalue weighted by molar-refractivity contribution is 7.89. The number of aromatic nitrogens is 1. The molecular weight excluding hydrogens is 302 g/mol. The number of hydrogen-bond acceptors (Lipinski definition) is 4. The first-order valence-corrected chi connectivity index (χ1v) is 9.36. The van der Waals surface area contributed by atoms with Gasteiger partial charge in [0.2, 0.25) is 10.0 Å². The average molecular weight is 325 g/mol. The first kappa shape index (κ1) is 16.9. The molecule has 122 valence electrons. The highest BCUT2D eigenvalue weighted by atomic mass is 32.2. The van der Waals surface area contributed by atoms with Gasteiger partial charge in [-0.25, -0.2) is 13.1 Å². The van der Waals surface area contributed by atoms with Crippen molar-refractivity contribution < 1.29 is 13.2 Å². The van der Waals surface area contributed by atoms with E-state index in [1.807, 2.05) is 6.92 Å². The molecule has 0 spiro atoms. The Morgan fingerprint density at radius 2 is 2.14 bits per heavy atom. The monoisotopic (exact) mass is 325 g/mol. The van der Waals surface area contributed by atoms with E-state index in [4.69, 9.17) is 0 Å². The highest BCUT2D eigenvalue weighted by Crippen LogP contribution is 2.14. The Kier molecular flexibility index (Phi) is 5.90. The molecule has 0 aromatic carbocycles. The van der Waals surface area contributed by atoms with Gasteiger partial charge in [-0.05, 0) is 31.4 Å². The van der Waals surface area contributed by atoms with Gasteiger partial charge in [0.05, 0.1) is 11.3 Å². The quantitative estimate of drug-likeness (QED) is 0.857. The van der Waals surface area contributed by atoms with Crippen LogP contribution in [0.5, 0.6) is 0 Å². The molecule has 1 saturated heterocycles. The number of nitrogens with zero attached hydrogens (tertiary/aromatic N) is 2. The van der Waals surface area contributed by atoms with Gasteiger partial charge in [0.1, 0.15) is 0 Å². The molecule has 1 aromatic heterocycles. The number of amides is 1. The van der Waals surface area contributed by atoms with Crippen LogP contribution >= 0.6 is 0 Å². The lowest BCUT2D eigenvalue weighted by Gasteiger charge is -2.32. The highest BCUT2D eigenvalue weighted by Gasteiger charge is 2.26. The number of hydrogen-bond donors (Lipinski definition) is 1. The molecular formula is C15H23N3O3S. The predicted octanol–water partition coefficient (Wildman–Crippen LogP) is 1.41. The van der Waals surface area contributed by atoms with Gasteiger partial charge in [0.25, 0.3) is 5.91 Å². The molecule has 0 saturated carbocycles. The van der Waals surface area contributed by atoms with Crippen LogP contribution in [0.4, 0.5) is 0 Å². The van der Waals surface area contributed by atoms with Crippen LogP contribution in [0.2, 0.25) is 0 Å². The van der Waals surface area contributed by atoms with Crippen molar-refractivity contribution in [2.75, 3.05) is 18.8 Å². The van der Waals surface area contributed by atoms with Crippen LogP contribution in [0, 0.1) is 0 Å². The topological polar surface area (TPSA) is 79.4 Å². The zero-order valence-corrected chi connectivity index (χ0v) is 13.7. The van der Waals surface area contributed by atoms with Crippen molar-refractivity contribution in [2.24, 2.45) is 0 Å². The number of pyridine rings is 1. The number of piperidine rings is 1. The molecule has 0 unspecified atom stereocenters. The van der Waals surface area contributed by atoms with Gasteiger partial charge >= 0.3 is 0 Å². The van der Waals surface area contributed by atoms with Crippen LogP contribution in [0.15, 0.2) is 24.5 Å². The number of sulfonamides is 1. The van der Waals surface area contributed by atoms with Crippen molar-refractivity contribution in [1.82, 2.24) is 14.6 Å². The summed E-state index contributed by atoms with van der Waals surface area (Å²) in [4.78, 5) is 18.0. The molecule has 0 aliphatic carbocycles. The molecule has 6 nitrogen and oxygen atoms in total. The SMILES string of the molecule is CCCCS(=O)(=O)NC1CCN(C(=O)c2cccnc2)CC1. The Morgan fingerprint density at radius 1 is 1.41 bits per heavy atom. The van der Waals surface area contributed by atoms with Gasteiger partial charge in [0.15, 0.2) is 0 Å². The van der Waals surface area contributed by atoms with Gasteiger partial charge < -0.3 is 4.90 Å². The first-order valence-electron chi connectivity index (χ1n) is 7.71. The van der Waals surface area contributed by atoms with Crippen molar-refractivity contribution in [2.45, 2.75) is 38.6 Å². The van der Waals surface area contributed by atoms with Crippen LogP contribution in [0.3, 0.4) is 0 Å². The Labute approximate surface area is 132 Å². The standard InChI is InChI=1S/C15H23N3O3S/c1-2-3-11-22(20,21)17-14-6-9-18(10-7-14)15(19)13-5-4-8-16-12-13/h4-5,8,12,14,17H,2-3,6-7,9-11H2,1H3. The third-order valence-corrected chi connectivity index (χ3v) is 5.32. The first-order chi connectivity index (χ1) is 10.5. The fourth-order valence-electron chi connectivity index (χ4n) is 2.52. The lowest BCUT2D eigenvalue weighted by atomic mass is 10.1. The number of unbranched alkanes of at least 4 members (excludes halogenated alkanes) is 1. The molecule has 0 bridgehead atoms. The van der Waals surface area contributed by atoms with Gasteiger partial charge in [0, 0.05) is 31.5 Å². The van der Waals surface area contributed by atoms with Gasteiger partial charge in [-0.1, -0.05) is 13.3 Å². The summed E-state index contributed by atoms with van der Waals surface area (Å²) in [5.41, 5.74) is 0.574. The molecule has 1 aliphatic heterocycles. The lowest BCUT2D eigenvalue weighted by molar-refractivity contribution is 0.0711. The summed E-state index contributed by atoms with van der Waals surface area (Å²) < 4.78 is 26.5. The molecule has 1 amide bonds. The maximum Gasteiger partial charge on any atom is 0.255 e. The van der Waals surface area contributed by atoms with Crippen molar-refractivity contribution in [1.29, 1.82) is 0 Å². The Bertz CT molecular complexity index is 581. The molecule has 7 heteroatoms. The van der Waals surface area contributed by atoms with Crippen molar-refractivity contribution >= 4 is 15.9 Å². The fraction of sp³-hybridized carbons (Fsp3) is 0.600. The number of nitrogens with one attached hydrogen (secondary N) is 1. The summed E-state index contributed by atoms with van der Waals surface area (Å²) in [6, 6.07) is 3.41. The van der Waals surface area contributed by atoms with E-state index in [1.165, 1.54) is 0 Å². The van der Waals surface area contributed by atoms with Crippen molar-refractivity contribution in [3.63, 3.8) is 0 Å². The van der Waals surface area contributed by atoms with Gasteiger partial charge in [-0.15, -0.1) is 0 Å². The van der Waals surface area contributed by atoms with Crippen molar-refractivity contribution in [3.8, 4) is 0 Å². The minimum absolute atomic E-state index is 0.0413. The predicted molar refractivity (Wildman–Crippen MR) is 85.0 cm³/mol. The van der Waals surface area contributed by atoms with Crippen LogP contribution < -0.4 is 4.72 Å². The lowest BCUT2D eigenvalue weighted by Crippen LogP contribution is -2.47. The maximum atomic E-state index is 12.3. The number of carbonyl (C=O) groups is 1. The maximum absolute atomic E-state index is 12.3. The normalized spacial score (nSPS) is 16.7. The summed E-state index contributed by atoms with van der Waals surface area (Å²) in [7, 11) is -3.20. The van der Waals surface area contributed by atoms with Crippen LogP contribution in [-0.2, 0) is 10.0 Å². The van der Waals surface area contributed by atoms with E-state index in [1.54, 1.807) is 29.4 Å². The zero-order chi connectivity index (χ0) is 16.0. The second-order valence-corrected chi connectivity index (χ2v) is 7.47. The van der Waals surface area contributed by atoms with Crippen LogP contribution in [-0.4, -0.2) is 49.1 Å². The smallest absolute Gasteiger partial charge is 0.255 e. The van der Waals surface area contributed by atoms with Gasteiger partial charge in [-0.2, -0.15) is 0 Å². The van der Waals surface area contributed by atoms with Gasteiger partial charge in [-0.3, -0.25) is 9.78 Å². The summed E-state index contributed by atoms with van der Waals surface area (Å²) >= 11 is 0. The summed E-state index contributed by atoms with van der Waals surface area (Å²) in [5, 5.41) is 0. The van der Waals surface area contributed by atoms with E-state index in [0.29, 0.717) is 37.9 Å². The summed E-state index contributed by atoms with van der Waals surface area (Å²) in [5.74, 6) is 0.138. The van der Waals surface area contributed by atoms with E-state index < -0.39 is 10.0 Å². The minimum atomic E-state index is -3.20. The second kappa shape index (κ2) is 7.69. The Hall–Kier alpha value is -1.47. The Morgan fingerprint density at radius 3 is 2.73 bits per heavy atom. The van der Waals surface area contributed by atoms with Crippen molar-refractivity contribution in [3.05, 3.63) is 30.1 Å². The molecule has 1 fully saturated rings. The fourth-order valence-corrected chi connectivity index (χ4v) is 4.05. The molecule has 1 aromatic rings. The summed E-state index contributed by atoms with van der Waals surface area (Å²) in [6.45, 7) is 3.10. The average Bonchev–Trinajstić information content (AvgIpc) is 2.53. The molecule has 2 rings (SSSR count). The van der Waals surface area contributed by atoms with E-state index >= 15 is 0 Å². The van der Waals surface area contributed by atoms with E-state index in [-0.39, 0.29) is 17.7 Å². The molecule has 1 N–H and O–H groups in total. The second-order valence-electron chi connectivity index (χ2n) is 5.60.